The van der Waals surface area contributed by atoms with Gasteiger partial charge in [0.25, 0.3) is 5.91 Å². The zero-order valence-corrected chi connectivity index (χ0v) is 23.6. The number of benzene rings is 2. The first kappa shape index (κ1) is 28.3. The van der Waals surface area contributed by atoms with Crippen LogP contribution >= 0.6 is 0 Å². The quantitative estimate of drug-likeness (QED) is 0.360. The van der Waals surface area contributed by atoms with Gasteiger partial charge in [-0.25, -0.2) is 9.37 Å². The van der Waals surface area contributed by atoms with Gasteiger partial charge in [-0.3, -0.25) is 19.7 Å². The molecular weight excluding hydrogens is 549 g/mol. The van der Waals surface area contributed by atoms with Crippen molar-refractivity contribution in [2.75, 3.05) is 23.3 Å². The molecule has 3 aromatic rings. The highest BCUT2D eigenvalue weighted by Gasteiger charge is 2.39. The lowest BCUT2D eigenvalue weighted by atomic mass is 9.85. The molecule has 2 aromatic carbocycles. The monoisotopic (exact) mass is 581 g/mol. The molecule has 1 aromatic heterocycles. The van der Waals surface area contributed by atoms with Crippen LogP contribution in [-0.2, 0) is 22.7 Å². The van der Waals surface area contributed by atoms with E-state index in [0.29, 0.717) is 28.8 Å². The maximum absolute atomic E-state index is 15.3. The number of nitrogens with two attached hydrogens (primary N) is 1. The third kappa shape index (κ3) is 5.66. The van der Waals surface area contributed by atoms with E-state index in [-0.39, 0.29) is 49.1 Å². The molecule has 2 fully saturated rings. The van der Waals surface area contributed by atoms with Crippen molar-refractivity contribution in [3.05, 3.63) is 88.4 Å². The van der Waals surface area contributed by atoms with E-state index in [1.165, 1.54) is 11.0 Å². The van der Waals surface area contributed by atoms with Crippen molar-refractivity contribution >= 4 is 29.2 Å². The Bertz CT molecular complexity index is 1610. The Kier molecular flexibility index (Phi) is 7.78. The van der Waals surface area contributed by atoms with Gasteiger partial charge in [0, 0.05) is 67.2 Å². The number of nitrogens with zero attached hydrogens (tertiary/aromatic N) is 4. The van der Waals surface area contributed by atoms with Crippen LogP contribution in [0.4, 0.5) is 15.9 Å². The molecule has 10 nitrogen and oxygen atoms in total. The Balaban J connectivity index is 1.07. The van der Waals surface area contributed by atoms with Crippen LogP contribution in [0.15, 0.2) is 54.7 Å². The molecule has 4 heterocycles. The van der Waals surface area contributed by atoms with Crippen molar-refractivity contribution < 1.29 is 18.8 Å². The van der Waals surface area contributed by atoms with Gasteiger partial charge in [0.15, 0.2) is 0 Å². The molecule has 3 aliphatic heterocycles. The summed E-state index contributed by atoms with van der Waals surface area (Å²) in [6, 6.07) is 15.2. The number of hydrogen-bond donors (Lipinski definition) is 3. The number of carbonyl (C=O) groups is 3. The minimum atomic E-state index is -0.695. The van der Waals surface area contributed by atoms with E-state index < -0.39 is 11.9 Å². The van der Waals surface area contributed by atoms with Crippen molar-refractivity contribution in [2.45, 2.75) is 50.9 Å². The molecule has 3 amide bonds. The predicted molar refractivity (Wildman–Crippen MR) is 157 cm³/mol. The summed E-state index contributed by atoms with van der Waals surface area (Å²) in [5.41, 5.74) is 10.3. The van der Waals surface area contributed by atoms with Crippen LogP contribution in [0.1, 0.15) is 64.3 Å². The van der Waals surface area contributed by atoms with E-state index in [1.807, 2.05) is 18.2 Å². The van der Waals surface area contributed by atoms with Gasteiger partial charge >= 0.3 is 0 Å². The molecular formula is C32H32FN7O3. The molecule has 0 radical (unpaired) electrons. The Morgan fingerprint density at radius 1 is 1.12 bits per heavy atom. The Hall–Kier alpha value is -4.82. The average Bonchev–Trinajstić information content (AvgIpc) is 3.36. The lowest BCUT2D eigenvalue weighted by Crippen LogP contribution is -2.52. The number of aromatic nitrogens is 1. The highest BCUT2D eigenvalue weighted by atomic mass is 19.1. The molecule has 6 rings (SSSR count). The third-order valence-corrected chi connectivity index (χ3v) is 8.76. The number of anilines is 2. The van der Waals surface area contributed by atoms with Crippen LogP contribution < -0.4 is 21.3 Å². The zero-order chi connectivity index (χ0) is 30.1. The number of halogens is 1. The van der Waals surface area contributed by atoms with Crippen LogP contribution in [0.3, 0.4) is 0 Å². The maximum Gasteiger partial charge on any atom is 0.255 e. The number of nitriles is 1. The van der Waals surface area contributed by atoms with E-state index in [1.54, 1.807) is 30.5 Å². The summed E-state index contributed by atoms with van der Waals surface area (Å²) in [4.78, 5) is 45.1. The Labute approximate surface area is 248 Å². The largest absolute Gasteiger partial charge is 0.381 e. The fourth-order valence-electron chi connectivity index (χ4n) is 6.26. The summed E-state index contributed by atoms with van der Waals surface area (Å²) in [6.07, 6.45) is 3.76. The lowest BCUT2D eigenvalue weighted by molar-refractivity contribution is -0.136. The van der Waals surface area contributed by atoms with Gasteiger partial charge in [-0.2, -0.15) is 5.26 Å². The van der Waals surface area contributed by atoms with Gasteiger partial charge < -0.3 is 20.9 Å². The van der Waals surface area contributed by atoms with Gasteiger partial charge in [-0.15, -0.1) is 0 Å². The Morgan fingerprint density at radius 2 is 1.93 bits per heavy atom. The predicted octanol–water partition coefficient (Wildman–Crippen LogP) is 3.38. The lowest BCUT2D eigenvalue weighted by Gasteiger charge is -2.35. The number of pyridine rings is 1. The van der Waals surface area contributed by atoms with Gasteiger partial charge in [0.1, 0.15) is 23.7 Å². The van der Waals surface area contributed by atoms with Crippen LogP contribution in [0.5, 0.6) is 0 Å². The Morgan fingerprint density at radius 3 is 2.63 bits per heavy atom. The molecule has 4 N–H and O–H groups in total. The molecule has 0 spiro atoms. The van der Waals surface area contributed by atoms with Crippen molar-refractivity contribution in [1.29, 1.82) is 5.26 Å². The van der Waals surface area contributed by atoms with E-state index in [0.717, 1.165) is 42.9 Å². The fourth-order valence-corrected chi connectivity index (χ4v) is 6.26. The molecule has 0 aliphatic carbocycles. The van der Waals surface area contributed by atoms with Crippen molar-refractivity contribution in [1.82, 2.24) is 15.2 Å². The zero-order valence-electron chi connectivity index (χ0n) is 23.6. The number of nitrogens with one attached hydrogen (secondary N) is 2. The molecule has 1 unspecified atom stereocenters. The number of piperidine rings is 2. The van der Waals surface area contributed by atoms with E-state index in [4.69, 9.17) is 11.0 Å². The summed E-state index contributed by atoms with van der Waals surface area (Å²) < 4.78 is 15.3. The summed E-state index contributed by atoms with van der Waals surface area (Å²) in [5, 5.41) is 14.6. The van der Waals surface area contributed by atoms with Crippen LogP contribution in [0.2, 0.25) is 0 Å². The molecule has 2 atom stereocenters. The van der Waals surface area contributed by atoms with Crippen molar-refractivity contribution in [3.8, 4) is 6.07 Å². The average molecular weight is 582 g/mol. The summed E-state index contributed by atoms with van der Waals surface area (Å²) in [7, 11) is 0. The number of hydrogen-bond acceptors (Lipinski definition) is 8. The first-order chi connectivity index (χ1) is 20.8. The molecule has 0 saturated carbocycles. The number of fused-ring (bicyclic) bond motifs is 1. The normalized spacial score (nSPS) is 19.6. The molecule has 0 bridgehead atoms. The molecule has 220 valence electrons. The second-order valence-electron chi connectivity index (χ2n) is 11.3. The summed E-state index contributed by atoms with van der Waals surface area (Å²) in [6.45, 7) is 2.01. The van der Waals surface area contributed by atoms with Gasteiger partial charge in [-0.05, 0) is 61.1 Å². The standard InChI is InChI=1S/C32H32FN7O3/c33-25-14-21(30(35)20-10-12-39(13-11-20)28-8-4-19(15-34)16-37-28)5-6-22(25)17-36-26-3-1-2-23-24(26)18-40(32(23)43)27-7-9-29(41)38-31(27)42/h1-6,8,14,16,20,27,30,36H,7,9-13,17-18,35H2,(H,38,41,42)/t27-,30?/m0/s1. The van der Waals surface area contributed by atoms with Gasteiger partial charge in [-0.1, -0.05) is 18.2 Å². The van der Waals surface area contributed by atoms with Crippen molar-refractivity contribution in [2.24, 2.45) is 11.7 Å². The first-order valence-corrected chi connectivity index (χ1v) is 14.5. The second-order valence-corrected chi connectivity index (χ2v) is 11.3. The molecule has 43 heavy (non-hydrogen) atoms. The SMILES string of the molecule is N#Cc1ccc(N2CCC(C(N)c3ccc(CNc4cccc5c4CN([C@H]4CCC(=O)NC4=O)C5=O)c(F)c3)CC2)nc1. The van der Waals surface area contributed by atoms with E-state index in [9.17, 15) is 14.4 Å². The van der Waals surface area contributed by atoms with E-state index in [2.05, 4.69) is 26.6 Å². The first-order valence-electron chi connectivity index (χ1n) is 14.5. The molecule has 2 saturated heterocycles. The second kappa shape index (κ2) is 11.8. The maximum atomic E-state index is 15.3. The number of imide groups is 1. The van der Waals surface area contributed by atoms with Crippen LogP contribution in [-0.4, -0.2) is 46.7 Å². The summed E-state index contributed by atoms with van der Waals surface area (Å²) in [5.74, 6) is -0.350. The number of amides is 3. The number of carbonyl (C=O) groups excluding carboxylic acids is 3. The fraction of sp³-hybridized carbons (Fsp3) is 0.344. The summed E-state index contributed by atoms with van der Waals surface area (Å²) >= 11 is 0. The van der Waals surface area contributed by atoms with Gasteiger partial charge in [0.2, 0.25) is 11.8 Å². The highest BCUT2D eigenvalue weighted by Crippen LogP contribution is 2.34. The smallest absolute Gasteiger partial charge is 0.255 e. The topological polar surface area (TPSA) is 144 Å². The molecule has 11 heteroatoms. The van der Waals surface area contributed by atoms with Gasteiger partial charge in [0.05, 0.1) is 5.56 Å². The van der Waals surface area contributed by atoms with E-state index >= 15 is 4.39 Å². The highest BCUT2D eigenvalue weighted by molar-refractivity contribution is 6.06. The molecule has 3 aliphatic rings. The van der Waals surface area contributed by atoms with Crippen LogP contribution in [0, 0.1) is 23.1 Å². The third-order valence-electron chi connectivity index (χ3n) is 8.76. The van der Waals surface area contributed by atoms with Crippen molar-refractivity contribution in [3.63, 3.8) is 0 Å². The minimum absolute atomic E-state index is 0.190. The minimum Gasteiger partial charge on any atom is -0.381 e. The number of rotatable bonds is 7. The van der Waals surface area contributed by atoms with Crippen LogP contribution in [0.25, 0.3) is 0 Å².